The van der Waals surface area contributed by atoms with E-state index in [1.165, 1.54) is 24.1 Å². The van der Waals surface area contributed by atoms with Crippen LogP contribution in [0.1, 0.15) is 36.9 Å². The second kappa shape index (κ2) is 2.98. The van der Waals surface area contributed by atoms with Gasteiger partial charge in [0.15, 0.2) is 0 Å². The first-order valence-electron chi connectivity index (χ1n) is 4.36. The molecule has 0 aliphatic heterocycles. The molecule has 3 heteroatoms. The van der Waals surface area contributed by atoms with Crippen molar-refractivity contribution < 1.29 is 0 Å². The first kappa shape index (κ1) is 7.92. The normalized spacial score (nSPS) is 21.9. The topological polar surface area (TPSA) is 28.7 Å². The molecule has 2 rings (SSSR count). The Bertz CT molecular complexity index is 343. The molecule has 1 unspecified atom stereocenters. The van der Waals surface area contributed by atoms with Gasteiger partial charge in [0.25, 0.3) is 0 Å². The van der Waals surface area contributed by atoms with Crippen LogP contribution in [-0.4, -0.2) is 10.2 Å². The second-order valence-corrected chi connectivity index (χ2v) is 3.88. The Balaban J connectivity index is 2.53. The molecule has 1 N–H and O–H groups in total. The predicted octanol–water partition coefficient (Wildman–Crippen LogP) is 2.58. The number of nitrogens with one attached hydrogen (secondary N) is 1. The van der Waals surface area contributed by atoms with E-state index in [0.717, 1.165) is 11.1 Å². The molecule has 1 atom stereocenters. The van der Waals surface area contributed by atoms with Crippen LogP contribution >= 0.6 is 12.2 Å². The number of rotatable bonds is 0. The summed E-state index contributed by atoms with van der Waals surface area (Å²) in [5, 5.41) is 7.13. The third kappa shape index (κ3) is 1.29. The third-order valence-electron chi connectivity index (χ3n) is 2.47. The van der Waals surface area contributed by atoms with Crippen LogP contribution in [0.4, 0.5) is 0 Å². The molecule has 1 aromatic heterocycles. The van der Waals surface area contributed by atoms with Gasteiger partial charge in [0.2, 0.25) is 0 Å². The van der Waals surface area contributed by atoms with Gasteiger partial charge in [-0.2, -0.15) is 5.10 Å². The lowest BCUT2D eigenvalue weighted by atomic mass is 9.89. The SMILES string of the molecule is CC1CCCc2cc(=S)[nH]nc21. The summed E-state index contributed by atoms with van der Waals surface area (Å²) in [7, 11) is 0. The van der Waals surface area contributed by atoms with E-state index >= 15 is 0 Å². The number of fused-ring (bicyclic) bond motifs is 1. The molecule has 1 aromatic rings. The zero-order chi connectivity index (χ0) is 8.55. The molecule has 0 saturated carbocycles. The minimum atomic E-state index is 0.598. The van der Waals surface area contributed by atoms with Gasteiger partial charge in [-0.1, -0.05) is 19.1 Å². The number of nitrogens with zero attached hydrogens (tertiary/aromatic N) is 1. The van der Waals surface area contributed by atoms with Gasteiger partial charge in [-0.15, -0.1) is 0 Å². The van der Waals surface area contributed by atoms with E-state index in [1.807, 2.05) is 6.07 Å². The van der Waals surface area contributed by atoms with Gasteiger partial charge in [0, 0.05) is 5.92 Å². The van der Waals surface area contributed by atoms with E-state index in [0.29, 0.717) is 5.92 Å². The van der Waals surface area contributed by atoms with E-state index in [4.69, 9.17) is 12.2 Å². The monoisotopic (exact) mass is 180 g/mol. The molecule has 0 aromatic carbocycles. The van der Waals surface area contributed by atoms with E-state index in [1.54, 1.807) is 0 Å². The lowest BCUT2D eigenvalue weighted by molar-refractivity contribution is 0.563. The summed E-state index contributed by atoms with van der Waals surface area (Å²) in [6.45, 7) is 2.22. The van der Waals surface area contributed by atoms with Crippen LogP contribution in [0.25, 0.3) is 0 Å². The van der Waals surface area contributed by atoms with Crippen molar-refractivity contribution in [2.75, 3.05) is 0 Å². The fourth-order valence-electron chi connectivity index (χ4n) is 1.81. The van der Waals surface area contributed by atoms with Crippen LogP contribution in [0.2, 0.25) is 0 Å². The fraction of sp³-hybridized carbons (Fsp3) is 0.556. The van der Waals surface area contributed by atoms with Crippen molar-refractivity contribution >= 4 is 12.2 Å². The molecule has 12 heavy (non-hydrogen) atoms. The minimum absolute atomic E-state index is 0.598. The molecule has 1 aliphatic carbocycles. The van der Waals surface area contributed by atoms with Crippen molar-refractivity contribution in [1.82, 2.24) is 10.2 Å². The number of aromatic amines is 1. The first-order valence-corrected chi connectivity index (χ1v) is 4.76. The lowest BCUT2D eigenvalue weighted by Gasteiger charge is -2.19. The summed E-state index contributed by atoms with van der Waals surface area (Å²) < 4.78 is 0.753. The largest absolute Gasteiger partial charge is 0.267 e. The number of aromatic nitrogens is 2. The maximum atomic E-state index is 5.02. The highest BCUT2D eigenvalue weighted by Gasteiger charge is 2.17. The van der Waals surface area contributed by atoms with Gasteiger partial charge in [0.05, 0.1) is 5.69 Å². The molecule has 2 nitrogen and oxygen atoms in total. The quantitative estimate of drug-likeness (QED) is 0.622. The van der Waals surface area contributed by atoms with Gasteiger partial charge in [-0.05, 0) is 30.9 Å². The molecule has 0 fully saturated rings. The van der Waals surface area contributed by atoms with Crippen LogP contribution in [-0.2, 0) is 6.42 Å². The molecule has 1 heterocycles. The summed E-state index contributed by atoms with van der Waals surface area (Å²) in [5.74, 6) is 0.598. The van der Waals surface area contributed by atoms with Crippen LogP contribution < -0.4 is 0 Å². The third-order valence-corrected chi connectivity index (χ3v) is 2.68. The summed E-state index contributed by atoms with van der Waals surface area (Å²) in [4.78, 5) is 0. The standard InChI is InChI=1S/C9H12N2S/c1-6-3-2-4-7-5-8(12)10-11-9(6)7/h5-6H,2-4H2,1H3,(H,10,12). The van der Waals surface area contributed by atoms with Gasteiger partial charge in [0.1, 0.15) is 4.64 Å². The fourth-order valence-corrected chi connectivity index (χ4v) is 2.00. The number of aryl methyl sites for hydroxylation is 1. The van der Waals surface area contributed by atoms with Crippen LogP contribution in [0.15, 0.2) is 6.07 Å². The predicted molar refractivity (Wildman–Crippen MR) is 50.8 cm³/mol. The van der Waals surface area contributed by atoms with Crippen LogP contribution in [0, 0.1) is 4.64 Å². The van der Waals surface area contributed by atoms with Crippen molar-refractivity contribution in [3.05, 3.63) is 22.0 Å². The highest BCUT2D eigenvalue weighted by molar-refractivity contribution is 7.71. The summed E-state index contributed by atoms with van der Waals surface area (Å²) in [5.41, 5.74) is 2.56. The summed E-state index contributed by atoms with van der Waals surface area (Å²) in [6, 6.07) is 2.05. The van der Waals surface area contributed by atoms with Crippen LogP contribution in [0.3, 0.4) is 0 Å². The highest BCUT2D eigenvalue weighted by Crippen LogP contribution is 2.28. The zero-order valence-electron chi connectivity index (χ0n) is 7.13. The Labute approximate surface area is 77.0 Å². The highest BCUT2D eigenvalue weighted by atomic mass is 32.1. The molecular weight excluding hydrogens is 168 g/mol. The Morgan fingerprint density at radius 3 is 3.33 bits per heavy atom. The van der Waals surface area contributed by atoms with E-state index < -0.39 is 0 Å². The second-order valence-electron chi connectivity index (χ2n) is 3.44. The van der Waals surface area contributed by atoms with Crippen molar-refractivity contribution in [2.24, 2.45) is 0 Å². The Morgan fingerprint density at radius 1 is 1.67 bits per heavy atom. The maximum absolute atomic E-state index is 5.02. The van der Waals surface area contributed by atoms with E-state index in [-0.39, 0.29) is 0 Å². The van der Waals surface area contributed by atoms with Gasteiger partial charge >= 0.3 is 0 Å². The minimum Gasteiger partial charge on any atom is -0.267 e. The molecule has 0 radical (unpaired) electrons. The van der Waals surface area contributed by atoms with Crippen molar-refractivity contribution in [3.63, 3.8) is 0 Å². The van der Waals surface area contributed by atoms with Gasteiger partial charge in [-0.25, -0.2) is 0 Å². The van der Waals surface area contributed by atoms with Gasteiger partial charge < -0.3 is 0 Å². The molecule has 0 bridgehead atoms. The van der Waals surface area contributed by atoms with E-state index in [9.17, 15) is 0 Å². The lowest BCUT2D eigenvalue weighted by Crippen LogP contribution is -2.10. The van der Waals surface area contributed by atoms with Crippen molar-refractivity contribution in [2.45, 2.75) is 32.1 Å². The number of H-pyrrole nitrogens is 1. The average molecular weight is 180 g/mol. The summed E-state index contributed by atoms with van der Waals surface area (Å²) in [6.07, 6.45) is 3.67. The Kier molecular flexibility index (Phi) is 1.97. The van der Waals surface area contributed by atoms with Crippen molar-refractivity contribution in [1.29, 1.82) is 0 Å². The summed E-state index contributed by atoms with van der Waals surface area (Å²) >= 11 is 5.02. The van der Waals surface area contributed by atoms with Crippen LogP contribution in [0.5, 0.6) is 0 Å². The maximum Gasteiger partial charge on any atom is 0.119 e. The number of hydrogen-bond acceptors (Lipinski definition) is 2. The van der Waals surface area contributed by atoms with Crippen molar-refractivity contribution in [3.8, 4) is 0 Å². The van der Waals surface area contributed by atoms with Gasteiger partial charge in [-0.3, -0.25) is 5.10 Å². The molecule has 1 aliphatic rings. The molecule has 64 valence electrons. The number of hydrogen-bond donors (Lipinski definition) is 1. The smallest absolute Gasteiger partial charge is 0.119 e. The first-order chi connectivity index (χ1) is 5.77. The molecule has 0 spiro atoms. The Hall–Kier alpha value is -0.700. The van der Waals surface area contributed by atoms with E-state index in [2.05, 4.69) is 17.1 Å². The zero-order valence-corrected chi connectivity index (χ0v) is 7.95. The molecular formula is C9H12N2S. The average Bonchev–Trinajstić information content (AvgIpc) is 2.04. The molecule has 0 amide bonds. The Morgan fingerprint density at radius 2 is 2.50 bits per heavy atom. The molecule has 0 saturated heterocycles.